The average molecular weight is 266 g/mol. The van der Waals surface area contributed by atoms with E-state index >= 15 is 0 Å². The largest absolute Gasteiger partial charge is 0.324 e. The average Bonchev–Trinajstić information content (AvgIpc) is 2.77. The van der Waals surface area contributed by atoms with E-state index in [9.17, 15) is 8.78 Å². The Morgan fingerprint density at radius 3 is 2.47 bits per heavy atom. The summed E-state index contributed by atoms with van der Waals surface area (Å²) in [7, 11) is 0. The molecule has 0 amide bonds. The van der Waals surface area contributed by atoms with Crippen molar-refractivity contribution < 1.29 is 8.78 Å². The van der Waals surface area contributed by atoms with E-state index in [0.717, 1.165) is 6.07 Å². The van der Waals surface area contributed by atoms with E-state index in [1.165, 1.54) is 6.07 Å². The molecule has 0 saturated heterocycles. The second-order valence-electron chi connectivity index (χ2n) is 4.69. The summed E-state index contributed by atoms with van der Waals surface area (Å²) in [5, 5.41) is 7.93. The van der Waals surface area contributed by atoms with Gasteiger partial charge < -0.3 is 10.3 Å². The van der Waals surface area contributed by atoms with Crippen molar-refractivity contribution in [2.24, 2.45) is 5.73 Å². The lowest BCUT2D eigenvalue weighted by Crippen LogP contribution is -2.12. The molecule has 1 aromatic carbocycles. The van der Waals surface area contributed by atoms with Gasteiger partial charge in [-0.05, 0) is 32.4 Å². The summed E-state index contributed by atoms with van der Waals surface area (Å²) in [5.41, 5.74) is 6.20. The lowest BCUT2D eigenvalue weighted by atomic mass is 10.1. The van der Waals surface area contributed by atoms with E-state index < -0.39 is 11.6 Å². The number of halogens is 2. The van der Waals surface area contributed by atoms with Crippen LogP contribution in [-0.4, -0.2) is 14.8 Å². The van der Waals surface area contributed by atoms with Gasteiger partial charge in [-0.15, -0.1) is 10.2 Å². The van der Waals surface area contributed by atoms with Crippen molar-refractivity contribution in [2.75, 3.05) is 0 Å². The molecule has 1 aromatic heterocycles. The standard InChI is InChI=1S/C13H16F2N4/c1-7(2)19-12(6-16)17-18-13(19)9-4-8(3)10(14)5-11(9)15/h4-5,7H,6,16H2,1-3H3. The minimum absolute atomic E-state index is 0.0355. The molecular weight excluding hydrogens is 250 g/mol. The number of aromatic nitrogens is 3. The van der Waals surface area contributed by atoms with Crippen molar-refractivity contribution in [1.29, 1.82) is 0 Å². The first-order valence-corrected chi connectivity index (χ1v) is 6.05. The van der Waals surface area contributed by atoms with Crippen LogP contribution in [0.25, 0.3) is 11.4 Å². The summed E-state index contributed by atoms with van der Waals surface area (Å²) in [6.45, 7) is 5.66. The van der Waals surface area contributed by atoms with Gasteiger partial charge in [-0.25, -0.2) is 8.78 Å². The third kappa shape index (κ3) is 2.35. The van der Waals surface area contributed by atoms with Gasteiger partial charge in [-0.1, -0.05) is 0 Å². The first-order chi connectivity index (χ1) is 8.95. The van der Waals surface area contributed by atoms with Gasteiger partial charge in [0.2, 0.25) is 0 Å². The Labute approximate surface area is 110 Å². The molecule has 0 radical (unpaired) electrons. The van der Waals surface area contributed by atoms with E-state index in [4.69, 9.17) is 5.73 Å². The van der Waals surface area contributed by atoms with Crippen LogP contribution in [0.4, 0.5) is 8.78 Å². The van der Waals surface area contributed by atoms with Crippen LogP contribution in [-0.2, 0) is 6.54 Å². The third-order valence-electron chi connectivity index (χ3n) is 2.95. The molecule has 6 heteroatoms. The highest BCUT2D eigenvalue weighted by atomic mass is 19.1. The zero-order valence-electron chi connectivity index (χ0n) is 11.1. The Morgan fingerprint density at radius 1 is 1.21 bits per heavy atom. The summed E-state index contributed by atoms with van der Waals surface area (Å²) in [6.07, 6.45) is 0. The SMILES string of the molecule is Cc1cc(-c2nnc(CN)n2C(C)C)c(F)cc1F. The van der Waals surface area contributed by atoms with Crippen molar-refractivity contribution in [3.63, 3.8) is 0 Å². The van der Waals surface area contributed by atoms with Crippen LogP contribution in [0, 0.1) is 18.6 Å². The maximum absolute atomic E-state index is 13.9. The number of hydrogen-bond acceptors (Lipinski definition) is 3. The Bertz CT molecular complexity index is 605. The van der Waals surface area contributed by atoms with Crippen LogP contribution in [0.5, 0.6) is 0 Å². The molecule has 0 aliphatic rings. The van der Waals surface area contributed by atoms with E-state index in [0.29, 0.717) is 17.2 Å². The molecule has 0 spiro atoms. The number of aryl methyl sites for hydroxylation is 1. The van der Waals surface area contributed by atoms with Crippen molar-refractivity contribution in [2.45, 2.75) is 33.4 Å². The first kappa shape index (κ1) is 13.6. The summed E-state index contributed by atoms with van der Waals surface area (Å²) < 4.78 is 29.0. The highest BCUT2D eigenvalue weighted by Crippen LogP contribution is 2.27. The molecule has 0 aliphatic carbocycles. The van der Waals surface area contributed by atoms with Gasteiger partial charge in [0.25, 0.3) is 0 Å². The number of rotatable bonds is 3. The maximum atomic E-state index is 13.9. The van der Waals surface area contributed by atoms with Crippen LogP contribution in [0.15, 0.2) is 12.1 Å². The molecule has 0 aliphatic heterocycles. The number of nitrogens with two attached hydrogens (primary N) is 1. The van der Waals surface area contributed by atoms with Gasteiger partial charge in [-0.2, -0.15) is 0 Å². The highest BCUT2D eigenvalue weighted by molar-refractivity contribution is 5.58. The fourth-order valence-corrected chi connectivity index (χ4v) is 2.02. The summed E-state index contributed by atoms with van der Waals surface area (Å²) in [4.78, 5) is 0. The maximum Gasteiger partial charge on any atom is 0.167 e. The predicted octanol–water partition coefficient (Wildman–Crippen LogP) is 2.57. The molecule has 0 fully saturated rings. The van der Waals surface area contributed by atoms with E-state index in [2.05, 4.69) is 10.2 Å². The molecule has 0 saturated carbocycles. The second-order valence-corrected chi connectivity index (χ2v) is 4.69. The first-order valence-electron chi connectivity index (χ1n) is 6.05. The fourth-order valence-electron chi connectivity index (χ4n) is 2.02. The van der Waals surface area contributed by atoms with Crippen LogP contribution in [0.3, 0.4) is 0 Å². The zero-order valence-corrected chi connectivity index (χ0v) is 11.1. The Kier molecular flexibility index (Phi) is 3.61. The minimum Gasteiger partial charge on any atom is -0.324 e. The summed E-state index contributed by atoms with van der Waals surface area (Å²) >= 11 is 0. The van der Waals surface area contributed by atoms with Gasteiger partial charge in [-0.3, -0.25) is 0 Å². The van der Waals surface area contributed by atoms with Crippen molar-refractivity contribution in [3.8, 4) is 11.4 Å². The third-order valence-corrected chi connectivity index (χ3v) is 2.95. The molecule has 2 N–H and O–H groups in total. The van der Waals surface area contributed by atoms with E-state index in [-0.39, 0.29) is 18.2 Å². The molecule has 1 heterocycles. The summed E-state index contributed by atoms with van der Waals surface area (Å²) in [5.74, 6) is -0.278. The highest BCUT2D eigenvalue weighted by Gasteiger charge is 2.19. The normalized spacial score (nSPS) is 11.3. The van der Waals surface area contributed by atoms with Crippen molar-refractivity contribution in [1.82, 2.24) is 14.8 Å². The molecule has 19 heavy (non-hydrogen) atoms. The molecule has 102 valence electrons. The number of nitrogens with zero attached hydrogens (tertiary/aromatic N) is 3. The van der Waals surface area contributed by atoms with E-state index in [1.807, 2.05) is 13.8 Å². The van der Waals surface area contributed by atoms with Gasteiger partial charge in [0.15, 0.2) is 5.82 Å². The monoisotopic (exact) mass is 266 g/mol. The fraction of sp³-hybridized carbons (Fsp3) is 0.385. The van der Waals surface area contributed by atoms with Crippen LogP contribution in [0.2, 0.25) is 0 Å². The Balaban J connectivity index is 2.65. The van der Waals surface area contributed by atoms with Gasteiger partial charge >= 0.3 is 0 Å². The van der Waals surface area contributed by atoms with Gasteiger partial charge in [0.1, 0.15) is 17.5 Å². The zero-order chi connectivity index (χ0) is 14.2. The quantitative estimate of drug-likeness (QED) is 0.929. The van der Waals surface area contributed by atoms with E-state index in [1.54, 1.807) is 11.5 Å². The number of benzene rings is 1. The van der Waals surface area contributed by atoms with Crippen molar-refractivity contribution in [3.05, 3.63) is 35.2 Å². The van der Waals surface area contributed by atoms with Crippen molar-refractivity contribution >= 4 is 0 Å². The smallest absolute Gasteiger partial charge is 0.167 e. The van der Waals surface area contributed by atoms with Gasteiger partial charge in [0.05, 0.1) is 12.1 Å². The molecule has 4 nitrogen and oxygen atoms in total. The lowest BCUT2D eigenvalue weighted by molar-refractivity contribution is 0.562. The molecule has 0 bridgehead atoms. The Morgan fingerprint density at radius 2 is 1.89 bits per heavy atom. The predicted molar refractivity (Wildman–Crippen MR) is 68.4 cm³/mol. The molecular formula is C13H16F2N4. The second kappa shape index (κ2) is 5.05. The van der Waals surface area contributed by atoms with Crippen LogP contribution in [0.1, 0.15) is 31.3 Å². The van der Waals surface area contributed by atoms with Gasteiger partial charge in [0, 0.05) is 12.1 Å². The topological polar surface area (TPSA) is 56.7 Å². The molecule has 2 aromatic rings. The minimum atomic E-state index is -0.652. The van der Waals surface area contributed by atoms with Crippen LogP contribution < -0.4 is 5.73 Å². The summed E-state index contributed by atoms with van der Waals surface area (Å²) in [6, 6.07) is 2.34. The lowest BCUT2D eigenvalue weighted by Gasteiger charge is -2.14. The Hall–Kier alpha value is -1.82. The molecule has 2 rings (SSSR count). The molecule has 0 unspecified atom stereocenters. The number of hydrogen-bond donors (Lipinski definition) is 1. The molecule has 0 atom stereocenters. The van der Waals surface area contributed by atoms with Crippen LogP contribution >= 0.6 is 0 Å².